The molecule has 1 amide bonds. The summed E-state index contributed by atoms with van der Waals surface area (Å²) in [4.78, 5) is 20.3. The molecule has 7 heteroatoms. The minimum atomic E-state index is -0.334. The quantitative estimate of drug-likeness (QED) is 0.746. The lowest BCUT2D eigenvalue weighted by Gasteiger charge is -2.08. The fourth-order valence-corrected chi connectivity index (χ4v) is 2.16. The third-order valence-electron chi connectivity index (χ3n) is 3.40. The number of benzene rings is 1. The first-order valence-corrected chi connectivity index (χ1v) is 7.25. The Morgan fingerprint density at radius 1 is 1.29 bits per heavy atom. The summed E-state index contributed by atoms with van der Waals surface area (Å²) in [6.07, 6.45) is 2.85. The van der Waals surface area contributed by atoms with Crippen LogP contribution in [0.4, 0.5) is 5.82 Å². The molecule has 0 aliphatic carbocycles. The number of carbonyl (C=O) groups is 1. The van der Waals surface area contributed by atoms with Crippen LogP contribution in [-0.2, 0) is 6.54 Å². The van der Waals surface area contributed by atoms with Gasteiger partial charge in [-0.2, -0.15) is 0 Å². The average Bonchev–Trinajstić information content (AvgIpc) is 3.10. The molecule has 2 aromatic heterocycles. The van der Waals surface area contributed by atoms with E-state index in [0.29, 0.717) is 29.6 Å². The summed E-state index contributed by atoms with van der Waals surface area (Å²) in [5.41, 5.74) is 7.25. The molecule has 7 nitrogen and oxygen atoms in total. The van der Waals surface area contributed by atoms with Gasteiger partial charge in [0.15, 0.2) is 5.69 Å². The van der Waals surface area contributed by atoms with E-state index in [2.05, 4.69) is 15.3 Å². The minimum absolute atomic E-state index is 0.191. The van der Waals surface area contributed by atoms with Gasteiger partial charge in [0.2, 0.25) is 5.89 Å². The molecule has 0 atom stereocenters. The Labute approximate surface area is 138 Å². The molecule has 0 aliphatic rings. The molecule has 2 heterocycles. The maximum absolute atomic E-state index is 12.2. The highest BCUT2D eigenvalue weighted by atomic mass is 16.5. The van der Waals surface area contributed by atoms with E-state index >= 15 is 0 Å². The maximum atomic E-state index is 12.2. The Hall–Kier alpha value is -3.35. The molecule has 3 N–H and O–H groups in total. The molecule has 0 radical (unpaired) electrons. The standard InChI is InChI=1S/C17H16N4O3/c1-23-14-5-3-2-4-11(14)8-20-16(22)13-10-24-17(21-13)12-6-7-15(18)19-9-12/h2-7,9-10H,8H2,1H3,(H2,18,19)(H,20,22). The third kappa shape index (κ3) is 3.35. The van der Waals surface area contributed by atoms with Crippen LogP contribution in [0.1, 0.15) is 16.1 Å². The fraction of sp³-hybridized carbons (Fsp3) is 0.118. The number of nitrogen functional groups attached to an aromatic ring is 1. The molecule has 0 spiro atoms. The van der Waals surface area contributed by atoms with Crippen molar-refractivity contribution in [3.8, 4) is 17.2 Å². The number of nitrogens with zero attached hydrogens (tertiary/aromatic N) is 2. The van der Waals surface area contributed by atoms with Crippen molar-refractivity contribution >= 4 is 11.7 Å². The summed E-state index contributed by atoms with van der Waals surface area (Å²) in [7, 11) is 1.59. The third-order valence-corrected chi connectivity index (χ3v) is 3.40. The molecule has 1 aromatic carbocycles. The van der Waals surface area contributed by atoms with E-state index < -0.39 is 0 Å². The largest absolute Gasteiger partial charge is 0.496 e. The minimum Gasteiger partial charge on any atom is -0.496 e. The molecule has 0 unspecified atom stereocenters. The number of nitrogens with one attached hydrogen (secondary N) is 1. The number of hydrogen-bond acceptors (Lipinski definition) is 6. The number of oxazole rings is 1. The van der Waals surface area contributed by atoms with Gasteiger partial charge in [-0.1, -0.05) is 18.2 Å². The lowest BCUT2D eigenvalue weighted by atomic mass is 10.2. The molecular formula is C17H16N4O3. The molecule has 0 fully saturated rings. The van der Waals surface area contributed by atoms with Crippen molar-refractivity contribution in [3.63, 3.8) is 0 Å². The van der Waals surface area contributed by atoms with Crippen molar-refractivity contribution in [1.82, 2.24) is 15.3 Å². The normalized spacial score (nSPS) is 10.4. The van der Waals surface area contributed by atoms with Crippen LogP contribution in [-0.4, -0.2) is 23.0 Å². The summed E-state index contributed by atoms with van der Waals surface area (Å²) in [6, 6.07) is 10.8. The monoisotopic (exact) mass is 324 g/mol. The Balaban J connectivity index is 1.69. The Kier molecular flexibility index (Phi) is 4.42. The fourth-order valence-electron chi connectivity index (χ4n) is 2.16. The molecular weight excluding hydrogens is 308 g/mol. The molecule has 122 valence electrons. The van der Waals surface area contributed by atoms with Crippen LogP contribution in [0.3, 0.4) is 0 Å². The van der Waals surface area contributed by atoms with Gasteiger partial charge >= 0.3 is 0 Å². The summed E-state index contributed by atoms with van der Waals surface area (Å²) < 4.78 is 10.6. The first kappa shape index (κ1) is 15.5. The van der Waals surface area contributed by atoms with Crippen LogP contribution in [0.5, 0.6) is 5.75 Å². The number of amides is 1. The SMILES string of the molecule is COc1ccccc1CNC(=O)c1coc(-c2ccc(N)nc2)n1. The van der Waals surface area contributed by atoms with E-state index in [-0.39, 0.29) is 11.6 Å². The number of methoxy groups -OCH3 is 1. The highest BCUT2D eigenvalue weighted by molar-refractivity contribution is 5.92. The highest BCUT2D eigenvalue weighted by Gasteiger charge is 2.14. The number of carbonyl (C=O) groups excluding carboxylic acids is 1. The van der Waals surface area contributed by atoms with Crippen LogP contribution in [0.25, 0.3) is 11.5 Å². The lowest BCUT2D eigenvalue weighted by molar-refractivity contribution is 0.0945. The molecule has 0 saturated carbocycles. The van der Waals surface area contributed by atoms with E-state index in [0.717, 1.165) is 5.56 Å². The number of anilines is 1. The van der Waals surface area contributed by atoms with Gasteiger partial charge in [-0.3, -0.25) is 4.79 Å². The van der Waals surface area contributed by atoms with E-state index in [1.54, 1.807) is 19.2 Å². The first-order valence-electron chi connectivity index (χ1n) is 7.25. The van der Waals surface area contributed by atoms with Crippen molar-refractivity contribution < 1.29 is 13.9 Å². The van der Waals surface area contributed by atoms with Crippen molar-refractivity contribution in [1.29, 1.82) is 0 Å². The van der Waals surface area contributed by atoms with E-state index in [9.17, 15) is 4.79 Å². The zero-order valence-electron chi connectivity index (χ0n) is 13.0. The lowest BCUT2D eigenvalue weighted by Crippen LogP contribution is -2.23. The Bertz CT molecular complexity index is 843. The average molecular weight is 324 g/mol. The van der Waals surface area contributed by atoms with Gasteiger partial charge in [-0.25, -0.2) is 9.97 Å². The second-order valence-corrected chi connectivity index (χ2v) is 5.00. The number of ether oxygens (including phenoxy) is 1. The maximum Gasteiger partial charge on any atom is 0.273 e. The number of pyridine rings is 1. The summed E-state index contributed by atoms with van der Waals surface area (Å²) >= 11 is 0. The number of rotatable bonds is 5. The number of aromatic nitrogens is 2. The predicted molar refractivity (Wildman–Crippen MR) is 88.3 cm³/mol. The van der Waals surface area contributed by atoms with Gasteiger partial charge in [0.25, 0.3) is 5.91 Å². The molecule has 0 bridgehead atoms. The number of hydrogen-bond donors (Lipinski definition) is 2. The summed E-state index contributed by atoms with van der Waals surface area (Å²) in [5.74, 6) is 1.09. The van der Waals surface area contributed by atoms with Gasteiger partial charge in [0.05, 0.1) is 12.7 Å². The number of para-hydroxylation sites is 1. The van der Waals surface area contributed by atoms with Crippen LogP contribution >= 0.6 is 0 Å². The van der Waals surface area contributed by atoms with Gasteiger partial charge in [-0.15, -0.1) is 0 Å². The van der Waals surface area contributed by atoms with Gasteiger partial charge < -0.3 is 20.2 Å². The summed E-state index contributed by atoms with van der Waals surface area (Å²) in [6.45, 7) is 0.328. The molecule has 3 aromatic rings. The molecule has 24 heavy (non-hydrogen) atoms. The number of nitrogens with two attached hydrogens (primary N) is 1. The van der Waals surface area contributed by atoms with E-state index in [1.165, 1.54) is 12.5 Å². The van der Waals surface area contributed by atoms with Gasteiger partial charge in [0.1, 0.15) is 17.8 Å². The van der Waals surface area contributed by atoms with Crippen molar-refractivity contribution in [2.45, 2.75) is 6.54 Å². The van der Waals surface area contributed by atoms with Gasteiger partial charge in [-0.05, 0) is 18.2 Å². The smallest absolute Gasteiger partial charge is 0.273 e. The van der Waals surface area contributed by atoms with Crippen LogP contribution < -0.4 is 15.8 Å². The topological polar surface area (TPSA) is 103 Å². The predicted octanol–water partition coefficient (Wildman–Crippen LogP) is 2.26. The first-order chi connectivity index (χ1) is 11.7. The van der Waals surface area contributed by atoms with E-state index in [1.807, 2.05) is 24.3 Å². The van der Waals surface area contributed by atoms with Crippen LogP contribution in [0, 0.1) is 0 Å². The van der Waals surface area contributed by atoms with Gasteiger partial charge in [0, 0.05) is 18.3 Å². The van der Waals surface area contributed by atoms with E-state index in [4.69, 9.17) is 14.9 Å². The second-order valence-electron chi connectivity index (χ2n) is 5.00. The Morgan fingerprint density at radius 3 is 2.88 bits per heavy atom. The van der Waals surface area contributed by atoms with Crippen molar-refractivity contribution in [3.05, 3.63) is 60.1 Å². The molecule has 0 saturated heterocycles. The zero-order valence-corrected chi connectivity index (χ0v) is 13.0. The van der Waals surface area contributed by atoms with Crippen LogP contribution in [0.2, 0.25) is 0 Å². The zero-order chi connectivity index (χ0) is 16.9. The van der Waals surface area contributed by atoms with Crippen molar-refractivity contribution in [2.75, 3.05) is 12.8 Å². The Morgan fingerprint density at radius 2 is 2.12 bits per heavy atom. The molecule has 0 aliphatic heterocycles. The molecule has 3 rings (SSSR count). The van der Waals surface area contributed by atoms with Crippen LogP contribution in [0.15, 0.2) is 53.3 Å². The highest BCUT2D eigenvalue weighted by Crippen LogP contribution is 2.19. The summed E-state index contributed by atoms with van der Waals surface area (Å²) in [5, 5.41) is 2.79. The van der Waals surface area contributed by atoms with Crippen molar-refractivity contribution in [2.24, 2.45) is 0 Å². The second kappa shape index (κ2) is 6.82.